The molecular formula is C16H27N3. The molecule has 0 radical (unpaired) electrons. The third-order valence-electron chi connectivity index (χ3n) is 4.33. The van der Waals surface area contributed by atoms with Crippen LogP contribution in [0, 0.1) is 5.92 Å². The van der Waals surface area contributed by atoms with E-state index < -0.39 is 0 Å². The maximum atomic E-state index is 4.64. The average Bonchev–Trinajstić information content (AvgIpc) is 2.40. The molecule has 1 aromatic heterocycles. The fraction of sp³-hybridized carbons (Fsp3) is 0.688. The van der Waals surface area contributed by atoms with Gasteiger partial charge in [-0.3, -0.25) is 4.98 Å². The van der Waals surface area contributed by atoms with Gasteiger partial charge in [0, 0.05) is 19.1 Å². The van der Waals surface area contributed by atoms with Gasteiger partial charge in [0.2, 0.25) is 0 Å². The normalized spacial score (nSPS) is 17.0. The van der Waals surface area contributed by atoms with Crippen LogP contribution in [0.5, 0.6) is 0 Å². The van der Waals surface area contributed by atoms with Crippen molar-refractivity contribution >= 4 is 5.69 Å². The van der Waals surface area contributed by atoms with Crippen molar-refractivity contribution in [2.24, 2.45) is 5.92 Å². The Balaban J connectivity index is 2.02. The van der Waals surface area contributed by atoms with Gasteiger partial charge in [-0.2, -0.15) is 0 Å². The fourth-order valence-corrected chi connectivity index (χ4v) is 2.76. The first-order chi connectivity index (χ1) is 9.28. The van der Waals surface area contributed by atoms with Crippen molar-refractivity contribution in [1.29, 1.82) is 0 Å². The Morgan fingerprint density at radius 1 is 1.37 bits per heavy atom. The summed E-state index contributed by atoms with van der Waals surface area (Å²) in [5.41, 5.74) is 2.41. The van der Waals surface area contributed by atoms with Crippen LogP contribution in [-0.4, -0.2) is 25.1 Å². The van der Waals surface area contributed by atoms with Gasteiger partial charge in [-0.15, -0.1) is 0 Å². The number of anilines is 1. The molecule has 1 aliphatic rings. The molecule has 2 rings (SSSR count). The van der Waals surface area contributed by atoms with E-state index in [0.29, 0.717) is 6.04 Å². The Bertz CT molecular complexity index is 366. The van der Waals surface area contributed by atoms with Gasteiger partial charge in [-0.05, 0) is 51.3 Å². The Labute approximate surface area is 117 Å². The Hall–Kier alpha value is -1.09. The van der Waals surface area contributed by atoms with E-state index in [1.807, 2.05) is 13.2 Å². The van der Waals surface area contributed by atoms with Crippen molar-refractivity contribution in [3.8, 4) is 0 Å². The van der Waals surface area contributed by atoms with E-state index in [0.717, 1.165) is 24.6 Å². The van der Waals surface area contributed by atoms with Crippen molar-refractivity contribution in [3.05, 3.63) is 24.0 Å². The molecule has 0 bridgehead atoms. The number of pyridine rings is 1. The SMILES string of the molecule is CCC(NC)c1ccc(N(CC)CC2CCC2)cn1. The Morgan fingerprint density at radius 3 is 2.58 bits per heavy atom. The molecule has 1 fully saturated rings. The minimum absolute atomic E-state index is 0.371. The standard InChI is InChI=1S/C16H27N3/c1-4-15(17-3)16-10-9-14(11-18-16)19(5-2)12-13-7-6-8-13/h9-11,13,15,17H,4-8,12H2,1-3H3. The molecule has 19 heavy (non-hydrogen) atoms. The van der Waals surface area contributed by atoms with E-state index in [1.54, 1.807) is 0 Å². The number of hydrogen-bond donors (Lipinski definition) is 1. The highest BCUT2D eigenvalue weighted by atomic mass is 15.1. The summed E-state index contributed by atoms with van der Waals surface area (Å²) in [4.78, 5) is 7.10. The first kappa shape index (κ1) is 14.3. The summed E-state index contributed by atoms with van der Waals surface area (Å²) in [7, 11) is 2.00. The van der Waals surface area contributed by atoms with E-state index in [4.69, 9.17) is 0 Å². The summed E-state index contributed by atoms with van der Waals surface area (Å²) in [6.07, 6.45) is 7.33. The molecule has 106 valence electrons. The molecule has 1 atom stereocenters. The molecular weight excluding hydrogens is 234 g/mol. The third kappa shape index (κ3) is 3.47. The van der Waals surface area contributed by atoms with E-state index in [-0.39, 0.29) is 0 Å². The van der Waals surface area contributed by atoms with E-state index >= 15 is 0 Å². The van der Waals surface area contributed by atoms with Crippen LogP contribution in [0.3, 0.4) is 0 Å². The molecule has 1 aromatic rings. The second kappa shape index (κ2) is 6.90. The smallest absolute Gasteiger partial charge is 0.0574 e. The lowest BCUT2D eigenvalue weighted by atomic mass is 9.85. The lowest BCUT2D eigenvalue weighted by molar-refractivity contribution is 0.318. The lowest BCUT2D eigenvalue weighted by Crippen LogP contribution is -2.32. The maximum Gasteiger partial charge on any atom is 0.0574 e. The van der Waals surface area contributed by atoms with Crippen LogP contribution in [0.2, 0.25) is 0 Å². The highest BCUT2D eigenvalue weighted by Gasteiger charge is 2.20. The second-order valence-corrected chi connectivity index (χ2v) is 5.53. The van der Waals surface area contributed by atoms with Gasteiger partial charge in [0.15, 0.2) is 0 Å². The topological polar surface area (TPSA) is 28.2 Å². The third-order valence-corrected chi connectivity index (χ3v) is 4.33. The van der Waals surface area contributed by atoms with Crippen molar-refractivity contribution in [1.82, 2.24) is 10.3 Å². The average molecular weight is 261 g/mol. The molecule has 1 unspecified atom stereocenters. The molecule has 0 amide bonds. The van der Waals surface area contributed by atoms with Gasteiger partial charge >= 0.3 is 0 Å². The van der Waals surface area contributed by atoms with Crippen LogP contribution in [0.15, 0.2) is 18.3 Å². The van der Waals surface area contributed by atoms with E-state index in [2.05, 4.69) is 41.2 Å². The number of nitrogens with zero attached hydrogens (tertiary/aromatic N) is 2. The maximum absolute atomic E-state index is 4.64. The van der Waals surface area contributed by atoms with E-state index in [1.165, 1.54) is 31.5 Å². The highest BCUT2D eigenvalue weighted by molar-refractivity contribution is 5.44. The minimum atomic E-state index is 0.371. The van der Waals surface area contributed by atoms with Gasteiger partial charge in [0.05, 0.1) is 17.6 Å². The summed E-state index contributed by atoms with van der Waals surface area (Å²) >= 11 is 0. The fourth-order valence-electron chi connectivity index (χ4n) is 2.76. The van der Waals surface area contributed by atoms with Gasteiger partial charge in [-0.25, -0.2) is 0 Å². The first-order valence-electron chi connectivity index (χ1n) is 7.66. The molecule has 1 heterocycles. The zero-order valence-electron chi connectivity index (χ0n) is 12.5. The lowest BCUT2D eigenvalue weighted by Gasteiger charge is -2.33. The Kier molecular flexibility index (Phi) is 5.20. The summed E-state index contributed by atoms with van der Waals surface area (Å²) in [5, 5.41) is 3.31. The molecule has 0 aliphatic heterocycles. The van der Waals surface area contributed by atoms with E-state index in [9.17, 15) is 0 Å². The Morgan fingerprint density at radius 2 is 2.16 bits per heavy atom. The largest absolute Gasteiger partial charge is 0.370 e. The summed E-state index contributed by atoms with van der Waals surface area (Å²) in [5.74, 6) is 0.903. The molecule has 0 aromatic carbocycles. The zero-order chi connectivity index (χ0) is 13.7. The van der Waals surface area contributed by atoms with Crippen LogP contribution >= 0.6 is 0 Å². The number of rotatable bonds is 7. The number of aromatic nitrogens is 1. The monoisotopic (exact) mass is 261 g/mol. The summed E-state index contributed by atoms with van der Waals surface area (Å²) in [6, 6.07) is 4.77. The molecule has 0 spiro atoms. The summed E-state index contributed by atoms with van der Waals surface area (Å²) in [6.45, 7) is 6.68. The number of hydrogen-bond acceptors (Lipinski definition) is 3. The quantitative estimate of drug-likeness (QED) is 0.815. The molecule has 1 N–H and O–H groups in total. The van der Waals surface area contributed by atoms with Crippen molar-refractivity contribution in [3.63, 3.8) is 0 Å². The van der Waals surface area contributed by atoms with Crippen molar-refractivity contribution in [2.75, 3.05) is 25.0 Å². The van der Waals surface area contributed by atoms with Crippen LogP contribution < -0.4 is 10.2 Å². The molecule has 1 saturated carbocycles. The minimum Gasteiger partial charge on any atom is -0.370 e. The number of nitrogens with one attached hydrogen (secondary N) is 1. The van der Waals surface area contributed by atoms with Crippen LogP contribution in [0.4, 0.5) is 5.69 Å². The first-order valence-corrected chi connectivity index (χ1v) is 7.66. The predicted octanol–water partition coefficient (Wildman–Crippen LogP) is 3.38. The second-order valence-electron chi connectivity index (χ2n) is 5.53. The molecule has 3 heteroatoms. The summed E-state index contributed by atoms with van der Waals surface area (Å²) < 4.78 is 0. The van der Waals surface area contributed by atoms with Gasteiger partial charge in [0.1, 0.15) is 0 Å². The zero-order valence-corrected chi connectivity index (χ0v) is 12.5. The van der Waals surface area contributed by atoms with Gasteiger partial charge < -0.3 is 10.2 Å². The van der Waals surface area contributed by atoms with Crippen LogP contribution in [-0.2, 0) is 0 Å². The van der Waals surface area contributed by atoms with Crippen LogP contribution in [0.25, 0.3) is 0 Å². The van der Waals surface area contributed by atoms with Crippen molar-refractivity contribution < 1.29 is 0 Å². The van der Waals surface area contributed by atoms with Gasteiger partial charge in [0.25, 0.3) is 0 Å². The highest BCUT2D eigenvalue weighted by Crippen LogP contribution is 2.29. The van der Waals surface area contributed by atoms with Crippen LogP contribution in [0.1, 0.15) is 51.3 Å². The molecule has 1 aliphatic carbocycles. The van der Waals surface area contributed by atoms with Gasteiger partial charge in [-0.1, -0.05) is 13.3 Å². The molecule has 0 saturated heterocycles. The predicted molar refractivity (Wildman–Crippen MR) is 81.6 cm³/mol. The molecule has 3 nitrogen and oxygen atoms in total. The van der Waals surface area contributed by atoms with Crippen molar-refractivity contribution in [2.45, 2.75) is 45.6 Å².